The van der Waals surface area contributed by atoms with Crippen molar-refractivity contribution in [2.75, 3.05) is 24.2 Å². The van der Waals surface area contributed by atoms with Crippen molar-refractivity contribution < 1.29 is 14.1 Å². The number of piperidine rings is 1. The molecule has 1 N–H and O–H groups in total. The second-order valence-electron chi connectivity index (χ2n) is 7.58. The summed E-state index contributed by atoms with van der Waals surface area (Å²) in [6.07, 6.45) is 1.79. The molecule has 4 rings (SSSR count). The number of rotatable bonds is 6. The number of aryl methyl sites for hydroxylation is 1. The van der Waals surface area contributed by atoms with E-state index in [-0.39, 0.29) is 22.8 Å². The van der Waals surface area contributed by atoms with E-state index in [0.717, 1.165) is 28.1 Å². The molecule has 1 atom stereocenters. The van der Waals surface area contributed by atoms with Gasteiger partial charge in [0.15, 0.2) is 5.82 Å². The molecule has 10 heteroatoms. The summed E-state index contributed by atoms with van der Waals surface area (Å²) in [5.41, 5.74) is 0.940. The van der Waals surface area contributed by atoms with Crippen LogP contribution in [0.15, 0.2) is 28.8 Å². The fourth-order valence-corrected chi connectivity index (χ4v) is 5.55. The topological polar surface area (TPSA) is 88.3 Å². The fourth-order valence-electron chi connectivity index (χ4n) is 3.49. The Morgan fingerprint density at radius 2 is 2.13 bits per heavy atom. The lowest BCUT2D eigenvalue weighted by molar-refractivity contribution is -0.129. The van der Waals surface area contributed by atoms with Gasteiger partial charge in [0.2, 0.25) is 11.8 Å². The molecule has 1 unspecified atom stereocenters. The maximum atomic E-state index is 12.6. The Balaban J connectivity index is 1.24. The van der Waals surface area contributed by atoms with E-state index in [9.17, 15) is 9.59 Å². The zero-order valence-electron chi connectivity index (χ0n) is 17.3. The Bertz CT molecular complexity index is 1090. The number of amides is 2. The highest BCUT2D eigenvalue weighted by atomic mass is 35.5. The van der Waals surface area contributed by atoms with E-state index >= 15 is 0 Å². The van der Waals surface area contributed by atoms with Crippen molar-refractivity contribution in [2.45, 2.75) is 37.9 Å². The molecule has 31 heavy (non-hydrogen) atoms. The van der Waals surface area contributed by atoms with Crippen LogP contribution >= 0.6 is 34.7 Å². The molecule has 3 aromatic rings. The number of anilines is 1. The van der Waals surface area contributed by atoms with Gasteiger partial charge in [-0.3, -0.25) is 9.59 Å². The third-order valence-corrected chi connectivity index (χ3v) is 7.83. The number of halogens is 1. The van der Waals surface area contributed by atoms with Gasteiger partial charge in [0.1, 0.15) is 5.76 Å². The molecule has 1 aliphatic heterocycles. The molecule has 0 aliphatic carbocycles. The van der Waals surface area contributed by atoms with Crippen molar-refractivity contribution >= 4 is 62.5 Å². The maximum absolute atomic E-state index is 12.6. The third kappa shape index (κ3) is 5.39. The summed E-state index contributed by atoms with van der Waals surface area (Å²) in [5, 5.41) is 7.90. The van der Waals surface area contributed by atoms with E-state index in [0.29, 0.717) is 35.6 Å². The van der Waals surface area contributed by atoms with Crippen LogP contribution in [0.3, 0.4) is 0 Å². The zero-order chi connectivity index (χ0) is 22.0. The highest BCUT2D eigenvalue weighted by molar-refractivity contribution is 8.01. The number of benzene rings is 1. The van der Waals surface area contributed by atoms with Crippen molar-refractivity contribution in [3.63, 3.8) is 0 Å². The quantitative estimate of drug-likeness (QED) is 0.551. The summed E-state index contributed by atoms with van der Waals surface area (Å²) in [5.74, 6) is 1.53. The molecular weight excluding hydrogens is 456 g/mol. The van der Waals surface area contributed by atoms with Crippen LogP contribution in [0.25, 0.3) is 10.2 Å². The molecule has 0 radical (unpaired) electrons. The van der Waals surface area contributed by atoms with Crippen LogP contribution in [0.5, 0.6) is 0 Å². The lowest BCUT2D eigenvalue weighted by Crippen LogP contribution is -2.39. The van der Waals surface area contributed by atoms with E-state index in [1.165, 1.54) is 11.8 Å². The van der Waals surface area contributed by atoms with Crippen LogP contribution < -0.4 is 5.32 Å². The molecule has 1 saturated heterocycles. The van der Waals surface area contributed by atoms with Crippen LogP contribution in [0.2, 0.25) is 5.02 Å². The van der Waals surface area contributed by atoms with Crippen molar-refractivity contribution in [1.29, 1.82) is 0 Å². The van der Waals surface area contributed by atoms with Gasteiger partial charge in [-0.1, -0.05) is 16.8 Å². The molecule has 0 spiro atoms. The predicted molar refractivity (Wildman–Crippen MR) is 125 cm³/mol. The Hall–Kier alpha value is -2.10. The first-order valence-electron chi connectivity index (χ1n) is 10.1. The van der Waals surface area contributed by atoms with Crippen molar-refractivity contribution in [3.8, 4) is 0 Å². The number of nitrogens with one attached hydrogen (secondary N) is 1. The summed E-state index contributed by atoms with van der Waals surface area (Å²) >= 11 is 9.10. The van der Waals surface area contributed by atoms with Crippen molar-refractivity contribution in [3.05, 3.63) is 40.1 Å². The average molecular weight is 479 g/mol. The fraction of sp³-hybridized carbons (Fsp3) is 0.429. The minimum atomic E-state index is -0.368. The predicted octanol–water partition coefficient (Wildman–Crippen LogP) is 4.71. The molecule has 7 nitrogen and oxygen atoms in total. The molecule has 0 saturated carbocycles. The Morgan fingerprint density at radius 3 is 2.84 bits per heavy atom. The monoisotopic (exact) mass is 478 g/mol. The van der Waals surface area contributed by atoms with E-state index in [2.05, 4.69) is 10.5 Å². The maximum Gasteiger partial charge on any atom is 0.238 e. The average Bonchev–Trinajstić information content (AvgIpc) is 3.37. The van der Waals surface area contributed by atoms with Gasteiger partial charge in [-0.25, -0.2) is 4.98 Å². The summed E-state index contributed by atoms with van der Waals surface area (Å²) in [7, 11) is 0. The Kier molecular flexibility index (Phi) is 6.83. The normalized spacial score (nSPS) is 15.9. The third-order valence-electron chi connectivity index (χ3n) is 5.27. The van der Waals surface area contributed by atoms with Crippen LogP contribution in [-0.4, -0.2) is 50.9 Å². The number of thioether (sulfide) groups is 1. The minimum Gasteiger partial charge on any atom is -0.360 e. The highest BCUT2D eigenvalue weighted by Crippen LogP contribution is 2.34. The number of hydrogen-bond acceptors (Lipinski definition) is 7. The Labute approximate surface area is 193 Å². The second kappa shape index (κ2) is 9.58. The van der Waals surface area contributed by atoms with Gasteiger partial charge >= 0.3 is 0 Å². The summed E-state index contributed by atoms with van der Waals surface area (Å²) in [6.45, 7) is 4.96. The number of carbonyl (C=O) groups is 2. The number of aromatic nitrogens is 2. The first-order chi connectivity index (χ1) is 14.9. The first kappa shape index (κ1) is 22.1. The zero-order valence-corrected chi connectivity index (χ0v) is 19.6. The molecule has 3 heterocycles. The molecule has 164 valence electrons. The smallest absolute Gasteiger partial charge is 0.238 e. The molecule has 0 bridgehead atoms. The largest absolute Gasteiger partial charge is 0.360 e. The van der Waals surface area contributed by atoms with Gasteiger partial charge in [0.05, 0.1) is 26.2 Å². The summed E-state index contributed by atoms with van der Waals surface area (Å²) < 4.78 is 6.08. The van der Waals surface area contributed by atoms with E-state index in [1.807, 2.05) is 23.1 Å². The van der Waals surface area contributed by atoms with Gasteiger partial charge in [-0.05, 0) is 44.9 Å². The number of hydrogen-bond donors (Lipinski definition) is 1. The number of nitrogens with zero attached hydrogens (tertiary/aromatic N) is 3. The molecule has 1 aliphatic rings. The SMILES string of the molecule is Cc1cc(NC(=O)C(C)SCC(=O)N2CCC(c3nc4cc(Cl)ccc4s3)CC2)no1. The summed E-state index contributed by atoms with van der Waals surface area (Å²) in [6, 6.07) is 7.45. The summed E-state index contributed by atoms with van der Waals surface area (Å²) in [4.78, 5) is 31.5. The lowest BCUT2D eigenvalue weighted by Gasteiger charge is -2.31. The molecule has 2 aromatic heterocycles. The van der Waals surface area contributed by atoms with Crippen LogP contribution in [0, 0.1) is 6.92 Å². The van der Waals surface area contributed by atoms with Crippen molar-refractivity contribution in [2.24, 2.45) is 0 Å². The lowest BCUT2D eigenvalue weighted by atomic mass is 9.97. The Morgan fingerprint density at radius 1 is 1.35 bits per heavy atom. The number of thiazole rings is 1. The molecule has 1 fully saturated rings. The molecule has 2 amide bonds. The highest BCUT2D eigenvalue weighted by Gasteiger charge is 2.27. The van der Waals surface area contributed by atoms with Gasteiger partial charge in [-0.15, -0.1) is 23.1 Å². The second-order valence-corrected chi connectivity index (χ2v) is 10.4. The minimum absolute atomic E-state index is 0.0662. The van der Waals surface area contributed by atoms with Gasteiger partial charge in [-0.2, -0.15) is 0 Å². The van der Waals surface area contributed by atoms with E-state index < -0.39 is 0 Å². The molecule has 1 aromatic carbocycles. The van der Waals surface area contributed by atoms with Crippen LogP contribution in [0.1, 0.15) is 36.5 Å². The van der Waals surface area contributed by atoms with E-state index in [4.69, 9.17) is 21.1 Å². The van der Waals surface area contributed by atoms with Crippen molar-refractivity contribution in [1.82, 2.24) is 15.0 Å². The van der Waals surface area contributed by atoms with Crippen LogP contribution in [0.4, 0.5) is 5.82 Å². The van der Waals surface area contributed by atoms with Gasteiger partial charge in [0.25, 0.3) is 0 Å². The first-order valence-corrected chi connectivity index (χ1v) is 12.3. The van der Waals surface area contributed by atoms with E-state index in [1.54, 1.807) is 31.3 Å². The van der Waals surface area contributed by atoms with Gasteiger partial charge < -0.3 is 14.7 Å². The van der Waals surface area contributed by atoms with Gasteiger partial charge in [0, 0.05) is 30.1 Å². The number of carbonyl (C=O) groups excluding carboxylic acids is 2. The molecular formula is C21H23ClN4O3S2. The number of likely N-dealkylation sites (tertiary alicyclic amines) is 1. The standard InChI is InChI=1S/C21H23ClN4O3S2/c1-12-9-18(25-29-12)24-20(28)13(2)30-11-19(27)26-7-5-14(6-8-26)21-23-16-10-15(22)3-4-17(16)31-21/h3-4,9-10,13-14H,5-8,11H2,1-2H3,(H,24,25,28). The van der Waals surface area contributed by atoms with Crippen LogP contribution in [-0.2, 0) is 9.59 Å². The number of fused-ring (bicyclic) bond motifs is 1.